The molecule has 6 heteroatoms. The molecular weight excluding hydrogens is 841 g/mol. The van der Waals surface area contributed by atoms with Crippen molar-refractivity contribution in [3.8, 4) is 0 Å². The van der Waals surface area contributed by atoms with E-state index in [4.69, 9.17) is 14.2 Å². The smallest absolute Gasteiger partial charge is 0.306 e. The zero-order chi connectivity index (χ0) is 49.3. The highest BCUT2D eigenvalue weighted by molar-refractivity contribution is 5.71. The van der Waals surface area contributed by atoms with Crippen LogP contribution in [0.4, 0.5) is 0 Å². The monoisotopic (exact) mass is 959 g/mol. The van der Waals surface area contributed by atoms with Crippen molar-refractivity contribution in [3.05, 3.63) is 12.2 Å². The molecule has 0 aromatic heterocycles. The van der Waals surface area contributed by atoms with Gasteiger partial charge >= 0.3 is 17.9 Å². The first-order chi connectivity index (χ1) is 33.5. The first kappa shape index (κ1) is 66.2. The number of ether oxygens (including phenoxy) is 3. The van der Waals surface area contributed by atoms with E-state index in [1.165, 1.54) is 244 Å². The van der Waals surface area contributed by atoms with Gasteiger partial charge in [-0.15, -0.1) is 0 Å². The molecule has 0 rings (SSSR count). The molecule has 0 aromatic carbocycles. The van der Waals surface area contributed by atoms with Crippen LogP contribution in [0.1, 0.15) is 348 Å². The van der Waals surface area contributed by atoms with E-state index >= 15 is 0 Å². The van der Waals surface area contributed by atoms with Gasteiger partial charge in [0.25, 0.3) is 0 Å². The molecule has 0 aliphatic rings. The number of rotatable bonds is 57. The lowest BCUT2D eigenvalue weighted by Crippen LogP contribution is -2.30. The Bertz CT molecular complexity index is 1060. The third-order valence-electron chi connectivity index (χ3n) is 14.0. The Kier molecular flexibility index (Phi) is 56.2. The highest BCUT2D eigenvalue weighted by Gasteiger charge is 2.19. The summed E-state index contributed by atoms with van der Waals surface area (Å²) in [6.07, 6.45) is 66.4. The fourth-order valence-electron chi connectivity index (χ4n) is 9.38. The van der Waals surface area contributed by atoms with Gasteiger partial charge in [-0.25, -0.2) is 0 Å². The molecule has 0 aromatic rings. The molecule has 0 N–H and O–H groups in total. The van der Waals surface area contributed by atoms with Gasteiger partial charge in [-0.3, -0.25) is 14.4 Å². The van der Waals surface area contributed by atoms with E-state index < -0.39 is 6.10 Å². The number of unbranched alkanes of at least 4 members (excludes halogenated alkanes) is 44. The van der Waals surface area contributed by atoms with Gasteiger partial charge in [-0.2, -0.15) is 0 Å². The lowest BCUT2D eigenvalue weighted by molar-refractivity contribution is -0.167. The average molecular weight is 960 g/mol. The Morgan fingerprint density at radius 1 is 0.279 bits per heavy atom. The van der Waals surface area contributed by atoms with Crippen molar-refractivity contribution in [1.29, 1.82) is 0 Å². The van der Waals surface area contributed by atoms with Gasteiger partial charge in [-0.1, -0.05) is 296 Å². The SMILES string of the molecule is CCCCC/C=C\CCCCCCCC(=O)OCC(COC(=O)CCCCCCCCCCCCCCCCCCCCCCCC)OC(=O)CCCCCCCCCCCCCCCCCC. The maximum atomic E-state index is 12.9. The molecule has 0 heterocycles. The van der Waals surface area contributed by atoms with E-state index in [-0.39, 0.29) is 31.1 Å². The van der Waals surface area contributed by atoms with Crippen LogP contribution in [0.3, 0.4) is 0 Å². The minimum Gasteiger partial charge on any atom is -0.462 e. The Morgan fingerprint density at radius 3 is 0.765 bits per heavy atom. The number of allylic oxidation sites excluding steroid dienone is 2. The average Bonchev–Trinajstić information content (AvgIpc) is 3.34. The topological polar surface area (TPSA) is 78.9 Å². The molecule has 0 radical (unpaired) electrons. The van der Waals surface area contributed by atoms with Crippen molar-refractivity contribution < 1.29 is 28.6 Å². The van der Waals surface area contributed by atoms with Crippen molar-refractivity contribution >= 4 is 17.9 Å². The van der Waals surface area contributed by atoms with Crippen LogP contribution in [0.2, 0.25) is 0 Å². The van der Waals surface area contributed by atoms with Gasteiger partial charge in [0.05, 0.1) is 0 Å². The van der Waals surface area contributed by atoms with Crippen LogP contribution in [0.25, 0.3) is 0 Å². The van der Waals surface area contributed by atoms with Gasteiger partial charge in [-0.05, 0) is 44.9 Å². The van der Waals surface area contributed by atoms with Crippen LogP contribution in [-0.4, -0.2) is 37.2 Å². The minimum absolute atomic E-state index is 0.0663. The van der Waals surface area contributed by atoms with E-state index in [1.54, 1.807) is 0 Å². The summed E-state index contributed by atoms with van der Waals surface area (Å²) in [6.45, 7) is 6.68. The van der Waals surface area contributed by atoms with E-state index in [2.05, 4.69) is 32.9 Å². The molecule has 1 unspecified atom stereocenters. The molecular formula is C62H118O6. The number of carbonyl (C=O) groups excluding carboxylic acids is 3. The van der Waals surface area contributed by atoms with Gasteiger partial charge < -0.3 is 14.2 Å². The fraction of sp³-hybridized carbons (Fsp3) is 0.919. The van der Waals surface area contributed by atoms with Gasteiger partial charge in [0.1, 0.15) is 13.2 Å². The quantitative estimate of drug-likeness (QED) is 0.0262. The minimum atomic E-state index is -0.768. The summed E-state index contributed by atoms with van der Waals surface area (Å²) in [5.41, 5.74) is 0. The molecule has 0 amide bonds. The molecule has 0 aliphatic carbocycles. The maximum absolute atomic E-state index is 12.9. The Morgan fingerprint density at radius 2 is 0.485 bits per heavy atom. The summed E-state index contributed by atoms with van der Waals surface area (Å²) in [6, 6.07) is 0. The first-order valence-electron chi connectivity index (χ1n) is 30.7. The summed E-state index contributed by atoms with van der Waals surface area (Å²) in [5.74, 6) is -0.849. The number of esters is 3. The fourth-order valence-corrected chi connectivity index (χ4v) is 9.38. The summed E-state index contributed by atoms with van der Waals surface area (Å²) in [5, 5.41) is 0. The van der Waals surface area contributed by atoms with E-state index in [9.17, 15) is 14.4 Å². The number of carbonyl (C=O) groups is 3. The molecule has 0 saturated heterocycles. The summed E-state index contributed by atoms with van der Waals surface area (Å²) >= 11 is 0. The van der Waals surface area contributed by atoms with Crippen LogP contribution in [0.15, 0.2) is 12.2 Å². The maximum Gasteiger partial charge on any atom is 0.306 e. The third kappa shape index (κ3) is 55.1. The molecule has 0 bridgehead atoms. The van der Waals surface area contributed by atoms with Crippen molar-refractivity contribution in [2.24, 2.45) is 0 Å². The molecule has 68 heavy (non-hydrogen) atoms. The van der Waals surface area contributed by atoms with Crippen molar-refractivity contribution in [2.45, 2.75) is 354 Å². The second-order valence-corrected chi connectivity index (χ2v) is 21.0. The lowest BCUT2D eigenvalue weighted by Gasteiger charge is -2.18. The zero-order valence-corrected chi connectivity index (χ0v) is 46.2. The van der Waals surface area contributed by atoms with E-state index in [1.807, 2.05) is 0 Å². The van der Waals surface area contributed by atoms with Crippen molar-refractivity contribution in [1.82, 2.24) is 0 Å². The molecule has 6 nitrogen and oxygen atoms in total. The van der Waals surface area contributed by atoms with Crippen LogP contribution in [0.5, 0.6) is 0 Å². The van der Waals surface area contributed by atoms with E-state index in [0.29, 0.717) is 19.3 Å². The zero-order valence-electron chi connectivity index (χ0n) is 46.2. The largest absolute Gasteiger partial charge is 0.462 e. The molecule has 1 atom stereocenters. The molecule has 402 valence electrons. The van der Waals surface area contributed by atoms with E-state index in [0.717, 1.165) is 64.2 Å². The van der Waals surface area contributed by atoms with Crippen LogP contribution >= 0.6 is 0 Å². The van der Waals surface area contributed by atoms with Gasteiger partial charge in [0.15, 0.2) is 6.10 Å². The predicted molar refractivity (Wildman–Crippen MR) is 293 cm³/mol. The number of hydrogen-bond acceptors (Lipinski definition) is 6. The summed E-state index contributed by atoms with van der Waals surface area (Å²) in [7, 11) is 0. The molecule has 0 saturated carbocycles. The van der Waals surface area contributed by atoms with Crippen LogP contribution in [-0.2, 0) is 28.6 Å². The Labute approximate surface area is 424 Å². The van der Waals surface area contributed by atoms with Gasteiger partial charge in [0, 0.05) is 19.3 Å². The molecule has 0 fully saturated rings. The van der Waals surface area contributed by atoms with Crippen LogP contribution in [0, 0.1) is 0 Å². The van der Waals surface area contributed by atoms with Crippen molar-refractivity contribution in [3.63, 3.8) is 0 Å². The van der Waals surface area contributed by atoms with Crippen LogP contribution < -0.4 is 0 Å². The normalized spacial score (nSPS) is 12.0. The highest BCUT2D eigenvalue weighted by atomic mass is 16.6. The standard InChI is InChI=1S/C62H118O6/c1-4-7-10-13-16-19-22-25-27-29-30-31-32-33-34-36-37-40-43-46-49-52-55-61(64)67-58-59(57-66-60(63)54-51-48-45-42-39-24-21-18-15-12-9-6-3)68-62(65)56-53-50-47-44-41-38-35-28-26-23-20-17-14-11-8-5-2/h18,21,59H,4-17,19-20,22-58H2,1-3H3/b21-18-. The highest BCUT2D eigenvalue weighted by Crippen LogP contribution is 2.18. The second-order valence-electron chi connectivity index (χ2n) is 21.0. The predicted octanol–water partition coefficient (Wildman–Crippen LogP) is 20.5. The molecule has 0 aliphatic heterocycles. The third-order valence-corrected chi connectivity index (χ3v) is 14.0. The lowest BCUT2D eigenvalue weighted by atomic mass is 10.0. The second kappa shape index (κ2) is 57.7. The first-order valence-corrected chi connectivity index (χ1v) is 30.7. The summed E-state index contributed by atoms with van der Waals surface area (Å²) in [4.78, 5) is 38.2. The Hall–Kier alpha value is -1.85. The number of hydrogen-bond donors (Lipinski definition) is 0. The molecule has 0 spiro atoms. The van der Waals surface area contributed by atoms with Crippen molar-refractivity contribution in [2.75, 3.05) is 13.2 Å². The summed E-state index contributed by atoms with van der Waals surface area (Å²) < 4.78 is 16.9. The Balaban J connectivity index is 4.23. The van der Waals surface area contributed by atoms with Gasteiger partial charge in [0.2, 0.25) is 0 Å².